The van der Waals surface area contributed by atoms with E-state index in [9.17, 15) is 4.79 Å². The predicted octanol–water partition coefficient (Wildman–Crippen LogP) is 1.90. The first-order chi connectivity index (χ1) is 10.7. The number of methoxy groups -OCH3 is 2. The zero-order chi connectivity index (χ0) is 15.5. The van der Waals surface area contributed by atoms with Crippen LogP contribution in [0.15, 0.2) is 23.4 Å². The van der Waals surface area contributed by atoms with E-state index < -0.39 is 0 Å². The van der Waals surface area contributed by atoms with E-state index in [-0.39, 0.29) is 11.2 Å². The molecule has 1 aliphatic heterocycles. The van der Waals surface area contributed by atoms with Crippen molar-refractivity contribution in [2.24, 2.45) is 0 Å². The SMILES string of the molecule is COc1ccc(-c2nc(S[C@H]3CCOC3=O)n[nH]2)c(OC)c1. The lowest BCUT2D eigenvalue weighted by atomic mass is 10.2. The molecule has 1 fully saturated rings. The van der Waals surface area contributed by atoms with Crippen LogP contribution >= 0.6 is 11.8 Å². The summed E-state index contributed by atoms with van der Waals surface area (Å²) in [5, 5.41) is 7.28. The molecule has 0 amide bonds. The molecule has 7 nitrogen and oxygen atoms in total. The van der Waals surface area contributed by atoms with Crippen molar-refractivity contribution in [3.63, 3.8) is 0 Å². The molecule has 1 aliphatic rings. The molecule has 2 aromatic rings. The van der Waals surface area contributed by atoms with Crippen molar-refractivity contribution in [1.82, 2.24) is 15.2 Å². The van der Waals surface area contributed by atoms with Gasteiger partial charge in [-0.3, -0.25) is 9.89 Å². The number of nitrogens with one attached hydrogen (secondary N) is 1. The first kappa shape index (κ1) is 14.7. The number of ether oxygens (including phenoxy) is 3. The number of benzene rings is 1. The molecular formula is C14H15N3O4S. The summed E-state index contributed by atoms with van der Waals surface area (Å²) in [6, 6.07) is 5.44. The number of aromatic amines is 1. The van der Waals surface area contributed by atoms with Gasteiger partial charge in [0.05, 0.1) is 26.4 Å². The van der Waals surface area contributed by atoms with Crippen molar-refractivity contribution in [3.8, 4) is 22.9 Å². The minimum absolute atomic E-state index is 0.210. The fourth-order valence-corrected chi connectivity index (χ4v) is 3.00. The zero-order valence-corrected chi connectivity index (χ0v) is 13.0. The van der Waals surface area contributed by atoms with Crippen LogP contribution in [0.25, 0.3) is 11.4 Å². The Morgan fingerprint density at radius 2 is 2.23 bits per heavy atom. The minimum Gasteiger partial charge on any atom is -0.497 e. The van der Waals surface area contributed by atoms with Crippen LogP contribution in [0.5, 0.6) is 11.5 Å². The molecule has 0 saturated carbocycles. The van der Waals surface area contributed by atoms with Gasteiger partial charge in [0.2, 0.25) is 5.16 Å². The number of H-pyrrole nitrogens is 1. The largest absolute Gasteiger partial charge is 0.497 e. The molecule has 1 aromatic heterocycles. The fourth-order valence-electron chi connectivity index (χ4n) is 2.13. The highest BCUT2D eigenvalue weighted by Gasteiger charge is 2.29. The van der Waals surface area contributed by atoms with Gasteiger partial charge in [-0.1, -0.05) is 11.8 Å². The average molecular weight is 321 g/mol. The number of hydrogen-bond donors (Lipinski definition) is 1. The van der Waals surface area contributed by atoms with Gasteiger partial charge in [-0.05, 0) is 12.1 Å². The Morgan fingerprint density at radius 1 is 1.36 bits per heavy atom. The van der Waals surface area contributed by atoms with E-state index in [2.05, 4.69) is 15.2 Å². The number of rotatable bonds is 5. The Morgan fingerprint density at radius 3 is 2.91 bits per heavy atom. The number of cyclic esters (lactones) is 1. The van der Waals surface area contributed by atoms with Crippen LogP contribution in [0.1, 0.15) is 6.42 Å². The molecule has 8 heteroatoms. The van der Waals surface area contributed by atoms with E-state index in [1.165, 1.54) is 11.8 Å². The van der Waals surface area contributed by atoms with Crippen molar-refractivity contribution in [2.75, 3.05) is 20.8 Å². The summed E-state index contributed by atoms with van der Waals surface area (Å²) in [7, 11) is 3.18. The van der Waals surface area contributed by atoms with Gasteiger partial charge in [0.1, 0.15) is 16.7 Å². The first-order valence-corrected chi connectivity index (χ1v) is 7.57. The molecule has 0 unspecified atom stereocenters. The molecule has 0 spiro atoms. The van der Waals surface area contributed by atoms with Gasteiger partial charge in [-0.2, -0.15) is 0 Å². The van der Waals surface area contributed by atoms with Gasteiger partial charge >= 0.3 is 5.97 Å². The Labute approximate surface area is 131 Å². The number of esters is 1. The summed E-state index contributed by atoms with van der Waals surface area (Å²) in [5.41, 5.74) is 0.775. The monoisotopic (exact) mass is 321 g/mol. The maximum absolute atomic E-state index is 11.5. The lowest BCUT2D eigenvalue weighted by molar-refractivity contribution is -0.137. The summed E-state index contributed by atoms with van der Waals surface area (Å²) in [6.45, 7) is 0.458. The third-order valence-electron chi connectivity index (χ3n) is 3.26. The maximum Gasteiger partial charge on any atom is 0.319 e. The van der Waals surface area contributed by atoms with E-state index >= 15 is 0 Å². The molecule has 2 heterocycles. The van der Waals surface area contributed by atoms with E-state index in [1.807, 2.05) is 12.1 Å². The Balaban J connectivity index is 1.82. The van der Waals surface area contributed by atoms with Crippen LogP contribution in [-0.2, 0) is 9.53 Å². The van der Waals surface area contributed by atoms with E-state index in [1.54, 1.807) is 20.3 Å². The molecule has 3 rings (SSSR count). The van der Waals surface area contributed by atoms with Crippen LogP contribution in [0.4, 0.5) is 0 Å². The van der Waals surface area contributed by atoms with Crippen molar-refractivity contribution in [1.29, 1.82) is 0 Å². The summed E-state index contributed by atoms with van der Waals surface area (Å²) < 4.78 is 15.5. The third kappa shape index (κ3) is 2.87. The van der Waals surface area contributed by atoms with Gasteiger partial charge in [0.15, 0.2) is 5.82 Å². The van der Waals surface area contributed by atoms with Crippen LogP contribution in [-0.4, -0.2) is 47.2 Å². The van der Waals surface area contributed by atoms with E-state index in [4.69, 9.17) is 14.2 Å². The molecule has 22 heavy (non-hydrogen) atoms. The first-order valence-electron chi connectivity index (χ1n) is 6.69. The topological polar surface area (TPSA) is 86.3 Å². The lowest BCUT2D eigenvalue weighted by Crippen LogP contribution is -2.09. The van der Waals surface area contributed by atoms with E-state index in [0.717, 1.165) is 5.56 Å². The maximum atomic E-state index is 11.5. The smallest absolute Gasteiger partial charge is 0.319 e. The van der Waals surface area contributed by atoms with Crippen LogP contribution < -0.4 is 9.47 Å². The highest BCUT2D eigenvalue weighted by molar-refractivity contribution is 8.00. The van der Waals surface area contributed by atoms with Crippen molar-refractivity contribution < 1.29 is 19.0 Å². The van der Waals surface area contributed by atoms with Gasteiger partial charge in [-0.15, -0.1) is 5.10 Å². The third-order valence-corrected chi connectivity index (χ3v) is 4.37. The number of carbonyl (C=O) groups excluding carboxylic acids is 1. The summed E-state index contributed by atoms with van der Waals surface area (Å²) in [6.07, 6.45) is 0.680. The number of carbonyl (C=O) groups is 1. The van der Waals surface area contributed by atoms with Crippen molar-refractivity contribution >= 4 is 17.7 Å². The standard InChI is InChI=1S/C14H15N3O4S/c1-19-8-3-4-9(10(7-8)20-2)12-15-14(17-16-12)22-11-5-6-21-13(11)18/h3-4,7,11H,5-6H2,1-2H3,(H,15,16,17)/t11-/m0/s1. The van der Waals surface area contributed by atoms with Crippen LogP contribution in [0.3, 0.4) is 0 Å². The Kier molecular flexibility index (Phi) is 4.19. The summed E-state index contributed by atoms with van der Waals surface area (Å²) in [5.74, 6) is 1.70. The summed E-state index contributed by atoms with van der Waals surface area (Å²) in [4.78, 5) is 15.9. The molecule has 1 aromatic carbocycles. The molecule has 0 aliphatic carbocycles. The van der Waals surface area contributed by atoms with Gasteiger partial charge < -0.3 is 14.2 Å². The molecule has 116 valence electrons. The van der Waals surface area contributed by atoms with Gasteiger partial charge in [-0.25, -0.2) is 4.98 Å². The molecule has 1 N–H and O–H groups in total. The number of nitrogens with zero attached hydrogens (tertiary/aromatic N) is 2. The normalized spacial score (nSPS) is 17.4. The molecular weight excluding hydrogens is 306 g/mol. The van der Waals surface area contributed by atoms with Crippen molar-refractivity contribution in [3.05, 3.63) is 18.2 Å². The zero-order valence-electron chi connectivity index (χ0n) is 12.2. The Bertz CT molecular complexity index is 688. The van der Waals surface area contributed by atoms with Crippen LogP contribution in [0.2, 0.25) is 0 Å². The molecule has 0 radical (unpaired) electrons. The minimum atomic E-state index is -0.235. The second-order valence-electron chi connectivity index (χ2n) is 4.60. The van der Waals surface area contributed by atoms with Crippen molar-refractivity contribution in [2.45, 2.75) is 16.8 Å². The number of aromatic nitrogens is 3. The highest BCUT2D eigenvalue weighted by Crippen LogP contribution is 2.33. The average Bonchev–Trinajstić information content (AvgIpc) is 3.17. The lowest BCUT2D eigenvalue weighted by Gasteiger charge is -2.07. The molecule has 0 bridgehead atoms. The number of thioether (sulfide) groups is 1. The predicted molar refractivity (Wildman–Crippen MR) is 80.1 cm³/mol. The summed E-state index contributed by atoms with van der Waals surface area (Å²) >= 11 is 1.30. The second kappa shape index (κ2) is 6.27. The molecule has 1 atom stereocenters. The van der Waals surface area contributed by atoms with Gasteiger partial charge in [0.25, 0.3) is 0 Å². The quantitative estimate of drug-likeness (QED) is 0.842. The highest BCUT2D eigenvalue weighted by atomic mass is 32.2. The van der Waals surface area contributed by atoms with E-state index in [0.29, 0.717) is 35.5 Å². The second-order valence-corrected chi connectivity index (χ2v) is 5.77. The number of hydrogen-bond acceptors (Lipinski definition) is 7. The Hall–Kier alpha value is -2.22. The fraction of sp³-hybridized carbons (Fsp3) is 0.357. The van der Waals surface area contributed by atoms with Crippen LogP contribution in [0, 0.1) is 0 Å². The van der Waals surface area contributed by atoms with Gasteiger partial charge in [0, 0.05) is 12.5 Å². The molecule has 1 saturated heterocycles.